The van der Waals surface area contributed by atoms with E-state index in [9.17, 15) is 9.59 Å². The number of ether oxygens (including phenoxy) is 1. The third kappa shape index (κ3) is 6.11. The van der Waals surface area contributed by atoms with Gasteiger partial charge < -0.3 is 21.1 Å². The summed E-state index contributed by atoms with van der Waals surface area (Å²) < 4.78 is 4.86. The van der Waals surface area contributed by atoms with Gasteiger partial charge in [-0.3, -0.25) is 9.59 Å². The molecule has 0 aromatic heterocycles. The Morgan fingerprint density at radius 3 is 2.71 bits per heavy atom. The lowest BCUT2D eigenvalue weighted by Gasteiger charge is -2.13. The highest BCUT2D eigenvalue weighted by Gasteiger charge is 2.22. The number of benzene rings is 1. The zero-order valence-corrected chi connectivity index (χ0v) is 14.7. The van der Waals surface area contributed by atoms with Gasteiger partial charge in [0.05, 0.1) is 6.61 Å². The van der Waals surface area contributed by atoms with E-state index in [-0.39, 0.29) is 36.7 Å². The van der Waals surface area contributed by atoms with Crippen molar-refractivity contribution in [3.63, 3.8) is 0 Å². The van der Waals surface area contributed by atoms with Crippen molar-refractivity contribution in [2.45, 2.75) is 38.3 Å². The van der Waals surface area contributed by atoms with E-state index in [1.54, 1.807) is 0 Å². The van der Waals surface area contributed by atoms with Crippen LogP contribution in [-0.2, 0) is 20.9 Å². The molecule has 1 aliphatic rings. The minimum atomic E-state index is -0.676. The summed E-state index contributed by atoms with van der Waals surface area (Å²) in [7, 11) is 1.50. The first kappa shape index (κ1) is 20.4. The molecule has 6 nitrogen and oxygen atoms in total. The van der Waals surface area contributed by atoms with Crippen molar-refractivity contribution in [3.8, 4) is 0 Å². The second kappa shape index (κ2) is 10.3. The van der Waals surface area contributed by atoms with Gasteiger partial charge in [-0.15, -0.1) is 12.4 Å². The van der Waals surface area contributed by atoms with E-state index in [1.807, 2.05) is 24.3 Å². The average molecular weight is 356 g/mol. The standard InChI is InChI=1S/C17H25N3O3.ClH/c1-23-11-15(18)17(22)19-10-12-5-4-8-14(9-12)20-16(21)13-6-2-3-7-13;/h4-5,8-9,13,15H,2-3,6-7,10-11,18H2,1H3,(H,19,22)(H,20,21);1H. The van der Waals surface area contributed by atoms with Gasteiger partial charge >= 0.3 is 0 Å². The molecule has 0 aliphatic heterocycles. The Morgan fingerprint density at radius 2 is 2.04 bits per heavy atom. The van der Waals surface area contributed by atoms with E-state index in [0.29, 0.717) is 6.54 Å². The van der Waals surface area contributed by atoms with E-state index in [2.05, 4.69) is 10.6 Å². The second-order valence-electron chi connectivity index (χ2n) is 5.95. The van der Waals surface area contributed by atoms with Crippen LogP contribution in [0.2, 0.25) is 0 Å². The lowest BCUT2D eigenvalue weighted by Crippen LogP contribution is -2.43. The molecular formula is C17H26ClN3O3. The van der Waals surface area contributed by atoms with Gasteiger partial charge in [-0.05, 0) is 30.5 Å². The molecule has 1 unspecified atom stereocenters. The summed E-state index contributed by atoms with van der Waals surface area (Å²) in [6, 6.07) is 6.81. The summed E-state index contributed by atoms with van der Waals surface area (Å²) in [6.07, 6.45) is 4.20. The van der Waals surface area contributed by atoms with E-state index >= 15 is 0 Å². The predicted molar refractivity (Wildman–Crippen MR) is 96.0 cm³/mol. The summed E-state index contributed by atoms with van der Waals surface area (Å²) >= 11 is 0. The number of methoxy groups -OCH3 is 1. The zero-order valence-electron chi connectivity index (χ0n) is 13.9. The highest BCUT2D eigenvalue weighted by Crippen LogP contribution is 2.26. The van der Waals surface area contributed by atoms with Crippen LogP contribution in [0.25, 0.3) is 0 Å². The number of carbonyl (C=O) groups excluding carboxylic acids is 2. The third-order valence-electron chi connectivity index (χ3n) is 4.07. The number of rotatable bonds is 7. The van der Waals surface area contributed by atoms with Crippen LogP contribution in [0.5, 0.6) is 0 Å². The minimum absolute atomic E-state index is 0. The SMILES string of the molecule is COCC(N)C(=O)NCc1cccc(NC(=O)C2CCCC2)c1.Cl. The van der Waals surface area contributed by atoms with Crippen LogP contribution in [-0.4, -0.2) is 31.6 Å². The fourth-order valence-corrected chi connectivity index (χ4v) is 2.77. The van der Waals surface area contributed by atoms with Crippen molar-refractivity contribution in [2.75, 3.05) is 19.0 Å². The first-order chi connectivity index (χ1) is 11.1. The second-order valence-corrected chi connectivity index (χ2v) is 5.95. The molecule has 0 spiro atoms. The molecule has 0 bridgehead atoms. The van der Waals surface area contributed by atoms with Crippen molar-refractivity contribution < 1.29 is 14.3 Å². The van der Waals surface area contributed by atoms with E-state index in [1.165, 1.54) is 7.11 Å². The molecule has 1 saturated carbocycles. The van der Waals surface area contributed by atoms with Gasteiger partial charge in [0.15, 0.2) is 0 Å². The topological polar surface area (TPSA) is 93.4 Å². The van der Waals surface area contributed by atoms with Gasteiger partial charge in [0, 0.05) is 25.3 Å². The number of hydrogen-bond donors (Lipinski definition) is 3. The molecule has 1 fully saturated rings. The fraction of sp³-hybridized carbons (Fsp3) is 0.529. The predicted octanol–water partition coefficient (Wildman–Crippen LogP) is 1.83. The monoisotopic (exact) mass is 355 g/mol. The van der Waals surface area contributed by atoms with Crippen LogP contribution in [0.3, 0.4) is 0 Å². The van der Waals surface area contributed by atoms with Crippen molar-refractivity contribution in [3.05, 3.63) is 29.8 Å². The fourth-order valence-electron chi connectivity index (χ4n) is 2.77. The molecule has 0 heterocycles. The number of amides is 2. The van der Waals surface area contributed by atoms with Crippen LogP contribution in [0.4, 0.5) is 5.69 Å². The minimum Gasteiger partial charge on any atom is -0.383 e. The summed E-state index contributed by atoms with van der Waals surface area (Å²) in [6.45, 7) is 0.548. The van der Waals surface area contributed by atoms with Gasteiger partial charge in [-0.1, -0.05) is 25.0 Å². The quantitative estimate of drug-likeness (QED) is 0.695. The Labute approximate surface area is 148 Å². The molecule has 1 aromatic rings. The zero-order chi connectivity index (χ0) is 16.7. The Hall–Kier alpha value is -1.63. The number of hydrogen-bond acceptors (Lipinski definition) is 4. The van der Waals surface area contributed by atoms with Crippen LogP contribution in [0, 0.1) is 5.92 Å². The first-order valence-corrected chi connectivity index (χ1v) is 8.02. The van der Waals surface area contributed by atoms with Gasteiger partial charge in [0.2, 0.25) is 11.8 Å². The van der Waals surface area contributed by atoms with Crippen LogP contribution in [0.1, 0.15) is 31.2 Å². The highest BCUT2D eigenvalue weighted by atomic mass is 35.5. The number of nitrogens with two attached hydrogens (primary N) is 1. The molecule has 7 heteroatoms. The number of carbonyl (C=O) groups is 2. The number of nitrogens with one attached hydrogen (secondary N) is 2. The average Bonchev–Trinajstić information content (AvgIpc) is 3.08. The molecule has 0 saturated heterocycles. The molecular weight excluding hydrogens is 330 g/mol. The van der Waals surface area contributed by atoms with Crippen LogP contribution >= 0.6 is 12.4 Å². The maximum absolute atomic E-state index is 12.1. The smallest absolute Gasteiger partial charge is 0.239 e. The van der Waals surface area contributed by atoms with Crippen molar-refractivity contribution >= 4 is 29.9 Å². The Bertz CT molecular complexity index is 548. The lowest BCUT2D eigenvalue weighted by atomic mass is 10.1. The van der Waals surface area contributed by atoms with Gasteiger partial charge in [-0.2, -0.15) is 0 Å². The maximum atomic E-state index is 12.1. The molecule has 0 radical (unpaired) electrons. The molecule has 1 atom stereocenters. The number of anilines is 1. The molecule has 2 rings (SSSR count). The molecule has 4 N–H and O–H groups in total. The lowest BCUT2D eigenvalue weighted by molar-refractivity contribution is -0.123. The van der Waals surface area contributed by atoms with Crippen LogP contribution < -0.4 is 16.4 Å². The molecule has 2 amide bonds. The Morgan fingerprint density at radius 1 is 1.33 bits per heavy atom. The number of halogens is 1. The van der Waals surface area contributed by atoms with Gasteiger partial charge in [-0.25, -0.2) is 0 Å². The molecule has 24 heavy (non-hydrogen) atoms. The van der Waals surface area contributed by atoms with E-state index in [4.69, 9.17) is 10.5 Å². The summed E-state index contributed by atoms with van der Waals surface area (Å²) in [5, 5.41) is 5.72. The van der Waals surface area contributed by atoms with Crippen molar-refractivity contribution in [2.24, 2.45) is 11.7 Å². The van der Waals surface area contributed by atoms with Gasteiger partial charge in [0.25, 0.3) is 0 Å². The van der Waals surface area contributed by atoms with Crippen LogP contribution in [0.15, 0.2) is 24.3 Å². The third-order valence-corrected chi connectivity index (χ3v) is 4.07. The highest BCUT2D eigenvalue weighted by molar-refractivity contribution is 5.92. The van der Waals surface area contributed by atoms with Gasteiger partial charge in [0.1, 0.15) is 6.04 Å². The maximum Gasteiger partial charge on any atom is 0.239 e. The van der Waals surface area contributed by atoms with E-state index in [0.717, 1.165) is 36.9 Å². The van der Waals surface area contributed by atoms with Crippen molar-refractivity contribution in [1.82, 2.24) is 5.32 Å². The first-order valence-electron chi connectivity index (χ1n) is 8.02. The molecule has 1 aromatic carbocycles. The summed E-state index contributed by atoms with van der Waals surface area (Å²) in [5.41, 5.74) is 7.33. The summed E-state index contributed by atoms with van der Waals surface area (Å²) in [4.78, 5) is 23.9. The Kier molecular flexibility index (Phi) is 8.74. The molecule has 1 aliphatic carbocycles. The largest absolute Gasteiger partial charge is 0.383 e. The summed E-state index contributed by atoms with van der Waals surface area (Å²) in [5.74, 6) is -0.0385. The van der Waals surface area contributed by atoms with E-state index < -0.39 is 6.04 Å². The molecule has 134 valence electrons. The Balaban J connectivity index is 0.00000288. The normalized spacial score (nSPS) is 15.4. The van der Waals surface area contributed by atoms with Crippen molar-refractivity contribution in [1.29, 1.82) is 0 Å².